The van der Waals surface area contributed by atoms with E-state index in [9.17, 15) is 14.4 Å². The number of carbonyl (C=O) groups excluding carboxylic acids is 2. The van der Waals surface area contributed by atoms with E-state index in [2.05, 4.69) is 5.32 Å². The van der Waals surface area contributed by atoms with Gasteiger partial charge in [0.25, 0.3) is 0 Å². The van der Waals surface area contributed by atoms with Gasteiger partial charge in [-0.2, -0.15) is 0 Å². The third kappa shape index (κ3) is 6.05. The van der Waals surface area contributed by atoms with E-state index in [-0.39, 0.29) is 30.3 Å². The summed E-state index contributed by atoms with van der Waals surface area (Å²) in [7, 11) is 1.68. The van der Waals surface area contributed by atoms with Gasteiger partial charge in [-0.25, -0.2) is 4.79 Å². The van der Waals surface area contributed by atoms with Gasteiger partial charge in [0.05, 0.1) is 12.0 Å². The van der Waals surface area contributed by atoms with Crippen LogP contribution in [0.4, 0.5) is 0 Å². The molecule has 136 valence electrons. The number of rotatable bonds is 8. The molecule has 0 saturated heterocycles. The lowest BCUT2D eigenvalue weighted by molar-refractivity contribution is -0.130. The number of nitrogens with zero attached hydrogens (tertiary/aromatic N) is 1. The topological polar surface area (TPSA) is 86.7 Å². The van der Waals surface area contributed by atoms with Gasteiger partial charge in [-0.05, 0) is 23.3 Å². The molecule has 0 heterocycles. The summed E-state index contributed by atoms with van der Waals surface area (Å²) in [6.45, 7) is 0.670. The number of amides is 2. The van der Waals surface area contributed by atoms with Gasteiger partial charge in [0.1, 0.15) is 0 Å². The third-order valence-electron chi connectivity index (χ3n) is 3.91. The first-order valence-electron chi connectivity index (χ1n) is 8.32. The van der Waals surface area contributed by atoms with E-state index in [1.807, 2.05) is 30.3 Å². The first-order valence-corrected chi connectivity index (χ1v) is 8.32. The number of hydrogen-bond acceptors (Lipinski definition) is 3. The molecule has 0 saturated carbocycles. The van der Waals surface area contributed by atoms with Crippen LogP contribution in [0.15, 0.2) is 54.6 Å². The molecule has 0 unspecified atom stereocenters. The minimum atomic E-state index is -0.979. The van der Waals surface area contributed by atoms with Gasteiger partial charge >= 0.3 is 5.97 Å². The summed E-state index contributed by atoms with van der Waals surface area (Å²) >= 11 is 0. The number of aromatic carboxylic acids is 1. The van der Waals surface area contributed by atoms with E-state index < -0.39 is 5.97 Å². The molecule has 2 N–H and O–H groups in total. The largest absolute Gasteiger partial charge is 0.478 e. The number of carbonyl (C=O) groups is 3. The molecule has 26 heavy (non-hydrogen) atoms. The highest BCUT2D eigenvalue weighted by Crippen LogP contribution is 2.07. The number of nitrogens with one attached hydrogen (secondary N) is 1. The summed E-state index contributed by atoms with van der Waals surface area (Å²) in [5, 5.41) is 11.6. The molecular weight excluding hydrogens is 332 g/mol. The molecule has 0 atom stereocenters. The summed E-state index contributed by atoms with van der Waals surface area (Å²) in [5.74, 6) is -1.18. The minimum absolute atomic E-state index is 0.0904. The average molecular weight is 354 g/mol. The molecule has 2 aromatic carbocycles. The van der Waals surface area contributed by atoms with Gasteiger partial charge in [0.15, 0.2) is 0 Å². The zero-order valence-corrected chi connectivity index (χ0v) is 14.6. The van der Waals surface area contributed by atoms with Crippen molar-refractivity contribution in [3.63, 3.8) is 0 Å². The second-order valence-electron chi connectivity index (χ2n) is 6.01. The van der Waals surface area contributed by atoms with Gasteiger partial charge in [-0.1, -0.05) is 42.5 Å². The second kappa shape index (κ2) is 9.36. The van der Waals surface area contributed by atoms with Gasteiger partial charge in [0, 0.05) is 26.6 Å². The van der Waals surface area contributed by atoms with Crippen molar-refractivity contribution in [2.75, 3.05) is 13.6 Å². The summed E-state index contributed by atoms with van der Waals surface area (Å²) in [6.07, 6.45) is 0.505. The lowest BCUT2D eigenvalue weighted by atomic mass is 10.1. The normalized spacial score (nSPS) is 10.2. The Bertz CT molecular complexity index is 757. The van der Waals surface area contributed by atoms with E-state index >= 15 is 0 Å². The van der Waals surface area contributed by atoms with Crippen LogP contribution in [0.5, 0.6) is 0 Å². The molecule has 6 heteroatoms. The van der Waals surface area contributed by atoms with Crippen molar-refractivity contribution in [2.24, 2.45) is 0 Å². The molecule has 0 aromatic heterocycles. The maximum atomic E-state index is 12.1. The van der Waals surface area contributed by atoms with E-state index in [4.69, 9.17) is 5.11 Å². The monoisotopic (exact) mass is 354 g/mol. The highest BCUT2D eigenvalue weighted by Gasteiger charge is 2.11. The summed E-state index contributed by atoms with van der Waals surface area (Å²) < 4.78 is 0. The van der Waals surface area contributed by atoms with Crippen LogP contribution in [0.3, 0.4) is 0 Å². The van der Waals surface area contributed by atoms with Crippen molar-refractivity contribution in [1.29, 1.82) is 0 Å². The lowest BCUT2D eigenvalue weighted by Gasteiger charge is -2.17. The Morgan fingerprint density at radius 1 is 0.962 bits per heavy atom. The van der Waals surface area contributed by atoms with Crippen LogP contribution in [-0.2, 0) is 22.6 Å². The lowest BCUT2D eigenvalue weighted by Crippen LogP contribution is -2.32. The molecule has 2 rings (SSSR count). The fraction of sp³-hybridized carbons (Fsp3) is 0.250. The molecule has 0 fully saturated rings. The molecule has 0 bridgehead atoms. The Kier molecular flexibility index (Phi) is 6.91. The van der Waals surface area contributed by atoms with E-state index in [1.165, 1.54) is 12.1 Å². The summed E-state index contributed by atoms with van der Waals surface area (Å²) in [4.78, 5) is 36.4. The van der Waals surface area contributed by atoms with E-state index in [0.717, 1.165) is 11.1 Å². The zero-order valence-electron chi connectivity index (χ0n) is 14.6. The number of benzene rings is 2. The van der Waals surface area contributed by atoms with Crippen LogP contribution in [0.25, 0.3) is 0 Å². The molecule has 0 spiro atoms. The average Bonchev–Trinajstić information content (AvgIpc) is 2.62. The second-order valence-corrected chi connectivity index (χ2v) is 6.01. The fourth-order valence-electron chi connectivity index (χ4n) is 2.46. The van der Waals surface area contributed by atoms with Crippen LogP contribution in [0.2, 0.25) is 0 Å². The van der Waals surface area contributed by atoms with Gasteiger partial charge < -0.3 is 15.3 Å². The summed E-state index contributed by atoms with van der Waals surface area (Å²) in [5.41, 5.74) is 1.99. The van der Waals surface area contributed by atoms with Crippen LogP contribution in [0.1, 0.15) is 27.9 Å². The minimum Gasteiger partial charge on any atom is -0.478 e. The van der Waals surface area contributed by atoms with Crippen molar-refractivity contribution in [3.05, 3.63) is 71.3 Å². The van der Waals surface area contributed by atoms with Crippen LogP contribution in [-0.4, -0.2) is 41.4 Å². The predicted molar refractivity (Wildman–Crippen MR) is 97.6 cm³/mol. The Hall–Kier alpha value is -3.15. The molecule has 0 radical (unpaired) electrons. The molecule has 0 aliphatic rings. The highest BCUT2D eigenvalue weighted by atomic mass is 16.4. The SMILES string of the molecule is CN(Cc1ccc(C(=O)O)cc1)C(=O)CCNC(=O)Cc1ccccc1. The van der Waals surface area contributed by atoms with E-state index in [1.54, 1.807) is 24.1 Å². The van der Waals surface area contributed by atoms with Crippen LogP contribution >= 0.6 is 0 Å². The molecule has 6 nitrogen and oxygen atoms in total. The first-order chi connectivity index (χ1) is 12.5. The Morgan fingerprint density at radius 3 is 2.23 bits per heavy atom. The smallest absolute Gasteiger partial charge is 0.335 e. The maximum absolute atomic E-state index is 12.1. The van der Waals surface area contributed by atoms with Crippen molar-refractivity contribution in [1.82, 2.24) is 10.2 Å². The van der Waals surface area contributed by atoms with Crippen molar-refractivity contribution < 1.29 is 19.5 Å². The Labute approximate surface area is 152 Å². The third-order valence-corrected chi connectivity index (χ3v) is 3.91. The van der Waals surface area contributed by atoms with Crippen molar-refractivity contribution in [3.8, 4) is 0 Å². The van der Waals surface area contributed by atoms with E-state index in [0.29, 0.717) is 13.0 Å². The zero-order chi connectivity index (χ0) is 18.9. The van der Waals surface area contributed by atoms with Gasteiger partial charge in [-0.15, -0.1) is 0 Å². The van der Waals surface area contributed by atoms with Crippen LogP contribution < -0.4 is 5.32 Å². The molecule has 0 aliphatic heterocycles. The Morgan fingerprint density at radius 2 is 1.62 bits per heavy atom. The molecule has 2 aromatic rings. The molecular formula is C20H22N2O4. The number of hydrogen-bond donors (Lipinski definition) is 2. The fourth-order valence-corrected chi connectivity index (χ4v) is 2.46. The summed E-state index contributed by atoms with van der Waals surface area (Å²) in [6, 6.07) is 15.8. The molecule has 0 aliphatic carbocycles. The standard InChI is InChI=1S/C20H22N2O4/c1-22(14-16-7-9-17(10-8-16)20(25)26)19(24)11-12-21-18(23)13-15-5-3-2-4-6-15/h2-10H,11-14H2,1H3,(H,21,23)(H,25,26). The maximum Gasteiger partial charge on any atom is 0.335 e. The number of carboxylic acid groups (broad SMARTS) is 1. The predicted octanol–water partition coefficient (Wildman–Crippen LogP) is 2.09. The quantitative estimate of drug-likeness (QED) is 0.760. The number of carboxylic acids is 1. The van der Waals surface area contributed by atoms with Gasteiger partial charge in [0.2, 0.25) is 11.8 Å². The van der Waals surface area contributed by atoms with Crippen molar-refractivity contribution >= 4 is 17.8 Å². The Balaban J connectivity index is 1.73. The van der Waals surface area contributed by atoms with Crippen molar-refractivity contribution in [2.45, 2.75) is 19.4 Å². The van der Waals surface area contributed by atoms with Crippen LogP contribution in [0, 0.1) is 0 Å². The highest BCUT2D eigenvalue weighted by molar-refractivity contribution is 5.87. The van der Waals surface area contributed by atoms with Gasteiger partial charge in [-0.3, -0.25) is 9.59 Å². The first kappa shape index (κ1) is 19.2. The molecule has 2 amide bonds.